The number of carboxylic acid groups (broad SMARTS) is 1. The van der Waals surface area contributed by atoms with Gasteiger partial charge in [-0.25, -0.2) is 4.79 Å². The third-order valence-electron chi connectivity index (χ3n) is 3.56. The third-order valence-corrected chi connectivity index (χ3v) is 3.56. The topological polar surface area (TPSA) is 75.3 Å². The molecule has 5 nitrogen and oxygen atoms in total. The molecule has 0 saturated carbocycles. The minimum Gasteiger partial charge on any atom is -0.478 e. The van der Waals surface area contributed by atoms with E-state index in [1.807, 2.05) is 16.8 Å². The summed E-state index contributed by atoms with van der Waals surface area (Å²) < 4.78 is 1.83. The Balaban J connectivity index is 2.25. The monoisotopic (exact) mass is 258 g/mol. The van der Waals surface area contributed by atoms with Gasteiger partial charge in [0.15, 0.2) is 0 Å². The minimum absolute atomic E-state index is 0.0133. The number of hydrogen-bond acceptors (Lipinski definition) is 3. The van der Waals surface area contributed by atoms with Crippen LogP contribution in [-0.4, -0.2) is 32.3 Å². The van der Waals surface area contributed by atoms with Crippen LogP contribution in [0.15, 0.2) is 24.7 Å². The first-order chi connectivity index (χ1) is 9.22. The lowest BCUT2D eigenvalue weighted by molar-refractivity contribution is 0.0695. The molecular formula is C14H14N2O3. The highest BCUT2D eigenvalue weighted by Crippen LogP contribution is 2.36. The van der Waals surface area contributed by atoms with Crippen molar-refractivity contribution >= 4 is 5.97 Å². The highest BCUT2D eigenvalue weighted by molar-refractivity contribution is 5.93. The maximum absolute atomic E-state index is 11.3. The van der Waals surface area contributed by atoms with Crippen LogP contribution in [0.25, 0.3) is 11.3 Å². The number of aromatic carboxylic acids is 1. The van der Waals surface area contributed by atoms with Crippen molar-refractivity contribution in [3.05, 3.63) is 41.3 Å². The molecule has 0 saturated heterocycles. The summed E-state index contributed by atoms with van der Waals surface area (Å²) in [4.78, 5) is 15.4. The number of carboxylic acids is 1. The molecule has 2 aromatic rings. The van der Waals surface area contributed by atoms with Crippen molar-refractivity contribution in [2.45, 2.75) is 19.4 Å². The summed E-state index contributed by atoms with van der Waals surface area (Å²) in [6.07, 6.45) is 6.67. The second-order valence-corrected chi connectivity index (χ2v) is 4.62. The Hall–Kier alpha value is -2.14. The van der Waals surface area contributed by atoms with Crippen molar-refractivity contribution < 1.29 is 15.0 Å². The molecule has 2 aromatic heterocycles. The molecule has 3 rings (SSSR count). The lowest BCUT2D eigenvalue weighted by Gasteiger charge is -2.19. The maximum atomic E-state index is 11.3. The second kappa shape index (κ2) is 4.51. The van der Waals surface area contributed by atoms with Crippen molar-refractivity contribution in [1.82, 2.24) is 9.55 Å². The van der Waals surface area contributed by atoms with Crippen LogP contribution in [0.5, 0.6) is 0 Å². The molecule has 0 radical (unpaired) electrons. The molecule has 0 atom stereocenters. The van der Waals surface area contributed by atoms with Gasteiger partial charge in [-0.05, 0) is 30.0 Å². The quantitative estimate of drug-likeness (QED) is 0.871. The summed E-state index contributed by atoms with van der Waals surface area (Å²) >= 11 is 0. The van der Waals surface area contributed by atoms with Crippen molar-refractivity contribution in [2.24, 2.45) is 0 Å². The molecule has 98 valence electrons. The van der Waals surface area contributed by atoms with Gasteiger partial charge in [-0.15, -0.1) is 0 Å². The molecule has 2 N–H and O–H groups in total. The van der Waals surface area contributed by atoms with Crippen LogP contribution < -0.4 is 0 Å². The summed E-state index contributed by atoms with van der Waals surface area (Å²) in [6.45, 7) is 0.387. The lowest BCUT2D eigenvalue weighted by Crippen LogP contribution is -2.10. The maximum Gasteiger partial charge on any atom is 0.337 e. The molecule has 0 bridgehead atoms. The van der Waals surface area contributed by atoms with Gasteiger partial charge < -0.3 is 14.8 Å². The molecule has 0 aliphatic heterocycles. The molecule has 1 aliphatic rings. The van der Waals surface area contributed by atoms with E-state index in [-0.39, 0.29) is 6.61 Å². The van der Waals surface area contributed by atoms with E-state index in [4.69, 9.17) is 5.11 Å². The molecule has 5 heteroatoms. The van der Waals surface area contributed by atoms with E-state index in [0.29, 0.717) is 18.5 Å². The number of aliphatic hydroxyl groups is 1. The molecule has 0 unspecified atom stereocenters. The number of fused-ring (bicyclic) bond motifs is 3. The van der Waals surface area contributed by atoms with Crippen molar-refractivity contribution in [2.75, 3.05) is 6.61 Å². The summed E-state index contributed by atoms with van der Waals surface area (Å²) in [5.74, 6) is -0.912. The van der Waals surface area contributed by atoms with Gasteiger partial charge in [-0.2, -0.15) is 0 Å². The van der Waals surface area contributed by atoms with Gasteiger partial charge in [0.05, 0.1) is 17.9 Å². The lowest BCUT2D eigenvalue weighted by atomic mass is 9.90. The van der Waals surface area contributed by atoms with E-state index < -0.39 is 5.97 Å². The molecule has 0 aromatic carbocycles. The fraction of sp³-hybridized carbons (Fsp3) is 0.286. The zero-order chi connectivity index (χ0) is 13.4. The summed E-state index contributed by atoms with van der Waals surface area (Å²) in [5.41, 5.74) is 4.27. The number of carbonyl (C=O) groups is 1. The predicted molar refractivity (Wildman–Crippen MR) is 69.1 cm³/mol. The zero-order valence-corrected chi connectivity index (χ0v) is 10.3. The average Bonchev–Trinajstić information content (AvgIpc) is 2.79. The molecule has 0 fully saturated rings. The van der Waals surface area contributed by atoms with Gasteiger partial charge >= 0.3 is 5.97 Å². The van der Waals surface area contributed by atoms with Gasteiger partial charge in [0, 0.05) is 30.7 Å². The Morgan fingerprint density at radius 3 is 3.00 bits per heavy atom. The number of aryl methyl sites for hydroxylation is 1. The number of rotatable bonds is 3. The Morgan fingerprint density at radius 2 is 2.26 bits per heavy atom. The molecule has 0 amide bonds. The average molecular weight is 258 g/mol. The summed E-state index contributed by atoms with van der Waals surface area (Å²) in [7, 11) is 0. The Kier molecular flexibility index (Phi) is 2.83. The normalized spacial score (nSPS) is 12.9. The summed E-state index contributed by atoms with van der Waals surface area (Å²) in [5, 5.41) is 18.4. The number of hydrogen-bond donors (Lipinski definition) is 2. The largest absolute Gasteiger partial charge is 0.478 e. The van der Waals surface area contributed by atoms with E-state index in [0.717, 1.165) is 28.8 Å². The van der Waals surface area contributed by atoms with Gasteiger partial charge in [0.25, 0.3) is 0 Å². The summed E-state index contributed by atoms with van der Waals surface area (Å²) in [6, 6.07) is 1.91. The molecule has 1 aliphatic carbocycles. The zero-order valence-electron chi connectivity index (χ0n) is 10.3. The molecular weight excluding hydrogens is 244 g/mol. The van der Waals surface area contributed by atoms with Crippen LogP contribution in [0.1, 0.15) is 21.5 Å². The number of pyridine rings is 1. The fourth-order valence-corrected chi connectivity index (χ4v) is 2.76. The van der Waals surface area contributed by atoms with Gasteiger partial charge in [0.2, 0.25) is 0 Å². The van der Waals surface area contributed by atoms with Gasteiger partial charge in [-0.3, -0.25) is 4.98 Å². The van der Waals surface area contributed by atoms with Crippen LogP contribution in [-0.2, 0) is 19.4 Å². The predicted octanol–water partition coefficient (Wildman–Crippen LogP) is 1.34. The van der Waals surface area contributed by atoms with E-state index >= 15 is 0 Å². The molecule has 19 heavy (non-hydrogen) atoms. The van der Waals surface area contributed by atoms with Crippen LogP contribution in [0, 0.1) is 0 Å². The second-order valence-electron chi connectivity index (χ2n) is 4.62. The van der Waals surface area contributed by atoms with Gasteiger partial charge in [0.1, 0.15) is 0 Å². The van der Waals surface area contributed by atoms with Crippen molar-refractivity contribution in [3.63, 3.8) is 0 Å². The third kappa shape index (κ3) is 1.82. The first-order valence-electron chi connectivity index (χ1n) is 6.21. The van der Waals surface area contributed by atoms with Crippen molar-refractivity contribution in [3.8, 4) is 11.3 Å². The standard InChI is InChI=1S/C14H14N2O3/c17-6-5-16-8-12(14(18)19)11-2-1-9-7-15-4-3-10(9)13(11)16/h3-4,7-8,17H,1-2,5-6H2,(H,18,19). The van der Waals surface area contributed by atoms with E-state index in [2.05, 4.69) is 4.98 Å². The smallest absolute Gasteiger partial charge is 0.337 e. The molecule has 0 spiro atoms. The number of nitrogens with zero attached hydrogens (tertiary/aromatic N) is 2. The first kappa shape index (κ1) is 11.9. The van der Waals surface area contributed by atoms with Crippen LogP contribution in [0.3, 0.4) is 0 Å². The van der Waals surface area contributed by atoms with E-state index in [9.17, 15) is 9.90 Å². The highest BCUT2D eigenvalue weighted by Gasteiger charge is 2.26. The fourth-order valence-electron chi connectivity index (χ4n) is 2.76. The van der Waals surface area contributed by atoms with E-state index in [1.165, 1.54) is 0 Å². The molecule has 2 heterocycles. The van der Waals surface area contributed by atoms with Crippen LogP contribution >= 0.6 is 0 Å². The van der Waals surface area contributed by atoms with Gasteiger partial charge in [-0.1, -0.05) is 0 Å². The number of aromatic nitrogens is 2. The Morgan fingerprint density at radius 1 is 1.42 bits per heavy atom. The van der Waals surface area contributed by atoms with Crippen molar-refractivity contribution in [1.29, 1.82) is 0 Å². The highest BCUT2D eigenvalue weighted by atomic mass is 16.4. The number of aliphatic hydroxyl groups excluding tert-OH is 1. The minimum atomic E-state index is -0.912. The Bertz CT molecular complexity index is 646. The van der Waals surface area contributed by atoms with Crippen LogP contribution in [0.2, 0.25) is 0 Å². The van der Waals surface area contributed by atoms with Crippen LogP contribution in [0.4, 0.5) is 0 Å². The van der Waals surface area contributed by atoms with E-state index in [1.54, 1.807) is 12.4 Å². The first-order valence-corrected chi connectivity index (χ1v) is 6.21. The SMILES string of the molecule is O=C(O)c1cn(CCO)c2c1CCc1cnccc1-2. The Labute approximate surface area is 110 Å².